The summed E-state index contributed by atoms with van der Waals surface area (Å²) < 4.78 is 11.6. The highest BCUT2D eigenvalue weighted by Gasteiger charge is 2.29. The van der Waals surface area contributed by atoms with E-state index in [1.54, 1.807) is 0 Å². The normalized spacial score (nSPS) is 11.4. The summed E-state index contributed by atoms with van der Waals surface area (Å²) in [6, 6.07) is 16.0. The maximum atomic E-state index is 11.2. The average molecular weight is 423 g/mol. The minimum Gasteiger partial charge on any atom is -0.478 e. The zero-order chi connectivity index (χ0) is 22.3. The lowest BCUT2D eigenvalue weighted by atomic mass is 10.1. The van der Waals surface area contributed by atoms with E-state index in [0.29, 0.717) is 11.8 Å². The number of ether oxygens (including phenoxy) is 1. The van der Waals surface area contributed by atoms with Crippen LogP contribution in [0, 0.1) is 0 Å². The lowest BCUT2D eigenvalue weighted by Gasteiger charge is -2.22. The number of allylic oxidation sites excluding steroid dienone is 1. The number of aromatic nitrogens is 1. The van der Waals surface area contributed by atoms with Gasteiger partial charge in [-0.25, -0.2) is 4.79 Å². The Bertz CT molecular complexity index is 975. The van der Waals surface area contributed by atoms with E-state index in [0.717, 1.165) is 55.4 Å². The molecule has 0 spiro atoms. The van der Waals surface area contributed by atoms with Gasteiger partial charge < -0.3 is 19.2 Å². The topological polar surface area (TPSA) is 75.8 Å². The number of nitrogens with zero attached hydrogens (tertiary/aromatic N) is 2. The molecule has 1 aromatic heterocycles. The highest BCUT2D eigenvalue weighted by molar-refractivity contribution is 5.76. The molecule has 0 atom stereocenters. The Kier molecular flexibility index (Phi) is 7.34. The molecule has 0 aliphatic carbocycles. The number of carboxylic acids is 1. The highest BCUT2D eigenvalue weighted by atomic mass is 16.5. The quantitative estimate of drug-likeness (QED) is 0.308. The Morgan fingerprint density at radius 1 is 1.16 bits per heavy atom. The number of oxazole rings is 1. The highest BCUT2D eigenvalue weighted by Crippen LogP contribution is 2.23. The fourth-order valence-corrected chi connectivity index (χ4v) is 3.22. The largest absolute Gasteiger partial charge is 0.478 e. The van der Waals surface area contributed by atoms with Crippen molar-refractivity contribution >= 4 is 23.1 Å². The van der Waals surface area contributed by atoms with Crippen LogP contribution in [0.15, 0.2) is 65.6 Å². The lowest BCUT2D eigenvalue weighted by Crippen LogP contribution is -2.37. The lowest BCUT2D eigenvalue weighted by molar-refractivity contribution is -0.152. The van der Waals surface area contributed by atoms with Gasteiger partial charge in [0, 0.05) is 13.1 Å². The van der Waals surface area contributed by atoms with Crippen molar-refractivity contribution in [1.29, 1.82) is 0 Å². The van der Waals surface area contributed by atoms with Gasteiger partial charge >= 0.3 is 5.97 Å². The zero-order valence-corrected chi connectivity index (χ0v) is 18.2. The second-order valence-corrected chi connectivity index (χ2v) is 8.05. The van der Waals surface area contributed by atoms with Gasteiger partial charge in [-0.1, -0.05) is 30.3 Å². The Morgan fingerprint density at radius 3 is 2.58 bits per heavy atom. The van der Waals surface area contributed by atoms with Gasteiger partial charge in [0.05, 0.1) is 0 Å². The number of hydrogen-bond acceptors (Lipinski definition) is 5. The van der Waals surface area contributed by atoms with Crippen LogP contribution in [0.3, 0.4) is 0 Å². The minimum atomic E-state index is -1.27. The summed E-state index contributed by atoms with van der Waals surface area (Å²) in [6.45, 7) is 8.48. The third kappa shape index (κ3) is 6.10. The monoisotopic (exact) mass is 422 g/mol. The van der Waals surface area contributed by atoms with E-state index in [4.69, 9.17) is 9.15 Å². The molecular weight excluding hydrogens is 392 g/mol. The van der Waals surface area contributed by atoms with Crippen molar-refractivity contribution in [2.45, 2.75) is 45.1 Å². The van der Waals surface area contributed by atoms with Gasteiger partial charge in [-0.3, -0.25) is 0 Å². The first-order valence-electron chi connectivity index (χ1n) is 10.6. The molecule has 0 aliphatic rings. The maximum Gasteiger partial charge on any atom is 0.347 e. The molecule has 0 aliphatic heterocycles. The SMILES string of the molecule is C=CCCCCN(CCc1ccc(OC(C)(C)C(=O)O)cc1)c1nc2ccccc2o1. The Labute approximate surface area is 183 Å². The Hall–Kier alpha value is -3.28. The standard InChI is InChI=1S/C25H30N2O4/c1-4-5-6-9-17-27(24-26-21-10-7-8-11-22(21)30-24)18-16-19-12-14-20(15-13-19)31-25(2,3)23(28)29/h4,7-8,10-15H,1,5-6,9,16-18H2,2-3H3,(H,28,29). The predicted octanol–water partition coefficient (Wildman–Crippen LogP) is 5.48. The summed E-state index contributed by atoms with van der Waals surface area (Å²) in [6.07, 6.45) is 5.85. The van der Waals surface area contributed by atoms with Crippen LogP contribution in [0.4, 0.5) is 6.01 Å². The molecule has 31 heavy (non-hydrogen) atoms. The second-order valence-electron chi connectivity index (χ2n) is 8.05. The van der Waals surface area contributed by atoms with E-state index in [2.05, 4.69) is 16.5 Å². The van der Waals surface area contributed by atoms with Crippen molar-refractivity contribution in [3.63, 3.8) is 0 Å². The van der Waals surface area contributed by atoms with Gasteiger partial charge in [0.25, 0.3) is 6.01 Å². The number of rotatable bonds is 12. The zero-order valence-electron chi connectivity index (χ0n) is 18.2. The molecule has 0 saturated heterocycles. The molecule has 0 saturated carbocycles. The van der Waals surface area contributed by atoms with Gasteiger partial charge in [-0.15, -0.1) is 6.58 Å². The molecule has 1 heterocycles. The Morgan fingerprint density at radius 2 is 1.90 bits per heavy atom. The van der Waals surface area contributed by atoms with Crippen LogP contribution in [-0.4, -0.2) is 34.8 Å². The molecule has 3 rings (SSSR count). The number of unbranched alkanes of at least 4 members (excludes halogenated alkanes) is 2. The van der Waals surface area contributed by atoms with Crippen molar-refractivity contribution in [3.05, 3.63) is 66.7 Å². The summed E-state index contributed by atoms with van der Waals surface area (Å²) in [4.78, 5) is 18.1. The van der Waals surface area contributed by atoms with Crippen molar-refractivity contribution in [3.8, 4) is 5.75 Å². The summed E-state index contributed by atoms with van der Waals surface area (Å²) in [5.41, 5.74) is 1.51. The van der Waals surface area contributed by atoms with Gasteiger partial charge in [0.15, 0.2) is 11.2 Å². The third-order valence-corrected chi connectivity index (χ3v) is 5.12. The van der Waals surface area contributed by atoms with E-state index in [1.807, 2.05) is 54.6 Å². The van der Waals surface area contributed by atoms with Crippen molar-refractivity contribution in [2.75, 3.05) is 18.0 Å². The van der Waals surface area contributed by atoms with Crippen LogP contribution in [-0.2, 0) is 11.2 Å². The van der Waals surface area contributed by atoms with Crippen LogP contribution in [0.5, 0.6) is 5.75 Å². The van der Waals surface area contributed by atoms with Crippen LogP contribution in [0.25, 0.3) is 11.1 Å². The molecular formula is C25H30N2O4. The molecule has 2 aromatic carbocycles. The van der Waals surface area contributed by atoms with Crippen molar-refractivity contribution in [2.24, 2.45) is 0 Å². The van der Waals surface area contributed by atoms with Crippen LogP contribution in [0.1, 0.15) is 38.7 Å². The van der Waals surface area contributed by atoms with Crippen LogP contribution < -0.4 is 9.64 Å². The van der Waals surface area contributed by atoms with Crippen LogP contribution in [0.2, 0.25) is 0 Å². The summed E-state index contributed by atoms with van der Waals surface area (Å²) in [7, 11) is 0. The maximum absolute atomic E-state index is 11.2. The first kappa shape index (κ1) is 22.4. The number of carbonyl (C=O) groups is 1. The van der Waals surface area contributed by atoms with Crippen molar-refractivity contribution in [1.82, 2.24) is 4.98 Å². The second kappa shape index (κ2) is 10.2. The number of hydrogen-bond donors (Lipinski definition) is 1. The molecule has 0 amide bonds. The fraction of sp³-hybridized carbons (Fsp3) is 0.360. The first-order valence-corrected chi connectivity index (χ1v) is 10.6. The smallest absolute Gasteiger partial charge is 0.347 e. The van der Waals surface area contributed by atoms with Gasteiger partial charge in [-0.05, 0) is 69.4 Å². The van der Waals surface area contributed by atoms with Crippen LogP contribution >= 0.6 is 0 Å². The predicted molar refractivity (Wildman–Crippen MR) is 123 cm³/mol. The van der Waals surface area contributed by atoms with E-state index >= 15 is 0 Å². The third-order valence-electron chi connectivity index (χ3n) is 5.12. The molecule has 164 valence electrons. The molecule has 6 nitrogen and oxygen atoms in total. The van der Waals surface area contributed by atoms with Gasteiger partial charge in [-0.2, -0.15) is 4.98 Å². The number of aliphatic carboxylic acids is 1. The van der Waals surface area contributed by atoms with E-state index in [-0.39, 0.29) is 0 Å². The van der Waals surface area contributed by atoms with E-state index in [9.17, 15) is 9.90 Å². The molecule has 3 aromatic rings. The molecule has 1 N–H and O–H groups in total. The molecule has 6 heteroatoms. The molecule has 0 radical (unpaired) electrons. The average Bonchev–Trinajstić information content (AvgIpc) is 3.18. The number of benzene rings is 2. The Balaban J connectivity index is 1.66. The van der Waals surface area contributed by atoms with E-state index in [1.165, 1.54) is 13.8 Å². The van der Waals surface area contributed by atoms with Gasteiger partial charge in [0.2, 0.25) is 0 Å². The number of para-hydroxylation sites is 2. The fourth-order valence-electron chi connectivity index (χ4n) is 3.22. The summed E-state index contributed by atoms with van der Waals surface area (Å²) in [5.74, 6) is -0.460. The van der Waals surface area contributed by atoms with E-state index < -0.39 is 11.6 Å². The molecule has 0 bridgehead atoms. The molecule has 0 fully saturated rings. The van der Waals surface area contributed by atoms with Crippen molar-refractivity contribution < 1.29 is 19.1 Å². The van der Waals surface area contributed by atoms with Gasteiger partial charge in [0.1, 0.15) is 11.3 Å². The summed E-state index contributed by atoms with van der Waals surface area (Å²) in [5, 5.41) is 9.22. The summed E-state index contributed by atoms with van der Waals surface area (Å²) >= 11 is 0. The molecule has 0 unspecified atom stereocenters. The number of carboxylic acid groups (broad SMARTS) is 1. The minimum absolute atomic E-state index is 0.538. The first-order chi connectivity index (χ1) is 14.9. The number of anilines is 1. The number of fused-ring (bicyclic) bond motifs is 1.